The number of hydrogen-bond acceptors (Lipinski definition) is 6. The molecule has 0 aromatic heterocycles. The molecule has 1 atom stereocenters. The van der Waals surface area contributed by atoms with E-state index in [0.29, 0.717) is 26.2 Å². The highest BCUT2D eigenvalue weighted by molar-refractivity contribution is 5.94. The van der Waals surface area contributed by atoms with Crippen molar-refractivity contribution in [3.05, 3.63) is 29.8 Å². The van der Waals surface area contributed by atoms with Gasteiger partial charge in [0.15, 0.2) is 6.29 Å². The highest BCUT2D eigenvalue weighted by Crippen LogP contribution is 2.20. The second-order valence-electron chi connectivity index (χ2n) is 7.03. The van der Waals surface area contributed by atoms with E-state index in [1.807, 2.05) is 18.2 Å². The van der Waals surface area contributed by atoms with Gasteiger partial charge in [0.2, 0.25) is 0 Å². The summed E-state index contributed by atoms with van der Waals surface area (Å²) in [6.07, 6.45) is 6.42. The van der Waals surface area contributed by atoms with E-state index in [-0.39, 0.29) is 18.5 Å². The van der Waals surface area contributed by atoms with Crippen molar-refractivity contribution in [2.45, 2.75) is 64.6 Å². The number of carbonyl (C=O) groups excluding carboxylic acids is 2. The molecule has 0 amide bonds. The number of para-hydroxylation sites is 1. The molecule has 1 aliphatic heterocycles. The number of ether oxygens (including phenoxy) is 4. The lowest BCUT2D eigenvalue weighted by Gasteiger charge is -2.22. The standard InChI is InChI=1S/C22H32O6/c1-18(23)17-21(24)26-14-7-6-13-25-20-11-3-2-9-19(20)10-8-16-28-22-12-4-5-15-27-22/h2-3,9,11,22H,4-8,10,12-17H2,1H3. The number of Topliss-reactive ketones (excluding diaryl/α,β-unsaturated/α-hetero) is 1. The molecule has 2 rings (SSSR count). The summed E-state index contributed by atoms with van der Waals surface area (Å²) in [6.45, 7) is 3.75. The fourth-order valence-corrected chi connectivity index (χ4v) is 3.00. The maximum Gasteiger partial charge on any atom is 0.313 e. The van der Waals surface area contributed by atoms with Crippen molar-refractivity contribution >= 4 is 11.8 Å². The summed E-state index contributed by atoms with van der Waals surface area (Å²) in [7, 11) is 0. The summed E-state index contributed by atoms with van der Waals surface area (Å²) in [5.74, 6) is 0.256. The summed E-state index contributed by atoms with van der Waals surface area (Å²) in [6, 6.07) is 8.04. The molecule has 0 N–H and O–H groups in total. The zero-order chi connectivity index (χ0) is 20.0. The zero-order valence-electron chi connectivity index (χ0n) is 16.8. The highest BCUT2D eigenvalue weighted by atomic mass is 16.7. The Bertz CT molecular complexity index is 594. The smallest absolute Gasteiger partial charge is 0.313 e. The molecule has 1 heterocycles. The van der Waals surface area contributed by atoms with Crippen molar-refractivity contribution in [3.63, 3.8) is 0 Å². The lowest BCUT2D eigenvalue weighted by atomic mass is 10.1. The van der Waals surface area contributed by atoms with Gasteiger partial charge in [-0.15, -0.1) is 0 Å². The molecule has 156 valence electrons. The molecule has 0 aliphatic carbocycles. The van der Waals surface area contributed by atoms with Gasteiger partial charge in [-0.1, -0.05) is 18.2 Å². The molecule has 0 radical (unpaired) electrons. The Hall–Kier alpha value is -1.92. The van der Waals surface area contributed by atoms with Crippen LogP contribution in [0.25, 0.3) is 0 Å². The Kier molecular flexibility index (Phi) is 10.6. The van der Waals surface area contributed by atoms with Crippen molar-refractivity contribution in [2.75, 3.05) is 26.4 Å². The second kappa shape index (κ2) is 13.3. The van der Waals surface area contributed by atoms with Gasteiger partial charge in [0.1, 0.15) is 18.0 Å². The molecule has 1 aromatic rings. The van der Waals surface area contributed by atoms with Crippen LogP contribution in [0.4, 0.5) is 0 Å². The first-order chi connectivity index (χ1) is 13.6. The summed E-state index contributed by atoms with van der Waals surface area (Å²) in [5, 5.41) is 0. The van der Waals surface area contributed by atoms with Crippen LogP contribution in [0.1, 0.15) is 57.4 Å². The van der Waals surface area contributed by atoms with Gasteiger partial charge in [-0.2, -0.15) is 0 Å². The van der Waals surface area contributed by atoms with Crippen molar-refractivity contribution < 1.29 is 28.5 Å². The summed E-state index contributed by atoms with van der Waals surface area (Å²) < 4.78 is 22.3. The molecule has 0 bridgehead atoms. The van der Waals surface area contributed by atoms with Gasteiger partial charge in [-0.05, 0) is 63.5 Å². The first-order valence-electron chi connectivity index (χ1n) is 10.2. The molecule has 1 saturated heterocycles. The van der Waals surface area contributed by atoms with Crippen LogP contribution in [0.5, 0.6) is 5.75 Å². The Morgan fingerprint density at radius 2 is 1.89 bits per heavy atom. The van der Waals surface area contributed by atoms with E-state index in [0.717, 1.165) is 44.5 Å². The number of hydrogen-bond donors (Lipinski definition) is 0. The van der Waals surface area contributed by atoms with Crippen LogP contribution in [-0.2, 0) is 30.2 Å². The minimum absolute atomic E-state index is 0.0372. The molecular weight excluding hydrogens is 360 g/mol. The number of esters is 1. The van der Waals surface area contributed by atoms with Crippen LogP contribution in [0.15, 0.2) is 24.3 Å². The molecule has 28 heavy (non-hydrogen) atoms. The Morgan fingerprint density at radius 3 is 2.68 bits per heavy atom. The predicted octanol–water partition coefficient (Wildman–Crippen LogP) is 3.84. The molecule has 6 nitrogen and oxygen atoms in total. The number of carbonyl (C=O) groups is 2. The summed E-state index contributed by atoms with van der Waals surface area (Å²) in [4.78, 5) is 22.1. The van der Waals surface area contributed by atoms with E-state index in [1.165, 1.54) is 18.9 Å². The normalized spacial score (nSPS) is 16.5. The largest absolute Gasteiger partial charge is 0.493 e. The molecule has 1 aliphatic rings. The number of ketones is 1. The van der Waals surface area contributed by atoms with Crippen LogP contribution >= 0.6 is 0 Å². The van der Waals surface area contributed by atoms with Gasteiger partial charge >= 0.3 is 5.97 Å². The van der Waals surface area contributed by atoms with Crippen molar-refractivity contribution in [1.82, 2.24) is 0 Å². The molecule has 0 saturated carbocycles. The topological polar surface area (TPSA) is 71.1 Å². The Balaban J connectivity index is 1.59. The molecule has 6 heteroatoms. The highest BCUT2D eigenvalue weighted by Gasteiger charge is 2.13. The van der Waals surface area contributed by atoms with E-state index < -0.39 is 5.97 Å². The first-order valence-corrected chi connectivity index (χ1v) is 10.2. The van der Waals surface area contributed by atoms with E-state index in [2.05, 4.69) is 6.07 Å². The van der Waals surface area contributed by atoms with E-state index in [9.17, 15) is 9.59 Å². The van der Waals surface area contributed by atoms with Gasteiger partial charge in [0.05, 0.1) is 19.8 Å². The zero-order valence-corrected chi connectivity index (χ0v) is 16.8. The molecule has 0 spiro atoms. The average molecular weight is 392 g/mol. The minimum atomic E-state index is -0.459. The van der Waals surface area contributed by atoms with E-state index in [4.69, 9.17) is 18.9 Å². The van der Waals surface area contributed by atoms with Gasteiger partial charge in [-0.25, -0.2) is 0 Å². The summed E-state index contributed by atoms with van der Waals surface area (Å²) >= 11 is 0. The van der Waals surface area contributed by atoms with Gasteiger partial charge < -0.3 is 18.9 Å². The number of rotatable bonds is 13. The lowest BCUT2D eigenvalue weighted by Crippen LogP contribution is -2.22. The predicted molar refractivity (Wildman–Crippen MR) is 105 cm³/mol. The first kappa shape index (κ1) is 22.4. The van der Waals surface area contributed by atoms with Crippen molar-refractivity contribution in [3.8, 4) is 5.75 Å². The van der Waals surface area contributed by atoms with Crippen molar-refractivity contribution in [2.24, 2.45) is 0 Å². The second-order valence-corrected chi connectivity index (χ2v) is 7.03. The monoisotopic (exact) mass is 392 g/mol. The van der Waals surface area contributed by atoms with Crippen LogP contribution in [0.2, 0.25) is 0 Å². The van der Waals surface area contributed by atoms with Crippen LogP contribution in [-0.4, -0.2) is 44.5 Å². The van der Waals surface area contributed by atoms with Crippen LogP contribution < -0.4 is 4.74 Å². The van der Waals surface area contributed by atoms with Crippen LogP contribution in [0.3, 0.4) is 0 Å². The Labute approximate surface area is 167 Å². The van der Waals surface area contributed by atoms with E-state index >= 15 is 0 Å². The van der Waals surface area contributed by atoms with E-state index in [1.54, 1.807) is 0 Å². The lowest BCUT2D eigenvalue weighted by molar-refractivity contribution is -0.162. The van der Waals surface area contributed by atoms with Gasteiger partial charge in [0.25, 0.3) is 0 Å². The molecule has 1 aromatic carbocycles. The third-order valence-electron chi connectivity index (χ3n) is 4.46. The number of aryl methyl sites for hydroxylation is 1. The average Bonchev–Trinajstić information content (AvgIpc) is 2.69. The summed E-state index contributed by atoms with van der Waals surface area (Å²) in [5.41, 5.74) is 1.17. The molecule has 1 fully saturated rings. The quantitative estimate of drug-likeness (QED) is 0.289. The fourth-order valence-electron chi connectivity index (χ4n) is 3.00. The van der Waals surface area contributed by atoms with Gasteiger partial charge in [0, 0.05) is 6.61 Å². The molecule has 1 unspecified atom stereocenters. The SMILES string of the molecule is CC(=O)CC(=O)OCCCCOc1ccccc1CCCOC1CCCCO1. The third kappa shape index (κ3) is 9.33. The molecular formula is C22H32O6. The fraction of sp³-hybridized carbons (Fsp3) is 0.636. The minimum Gasteiger partial charge on any atom is -0.493 e. The number of unbranched alkanes of at least 4 members (excludes halogenated alkanes) is 1. The van der Waals surface area contributed by atoms with Gasteiger partial charge in [-0.3, -0.25) is 9.59 Å². The number of benzene rings is 1. The Morgan fingerprint density at radius 1 is 1.07 bits per heavy atom. The maximum absolute atomic E-state index is 11.3. The third-order valence-corrected chi connectivity index (χ3v) is 4.46. The van der Waals surface area contributed by atoms with Crippen molar-refractivity contribution in [1.29, 1.82) is 0 Å². The van der Waals surface area contributed by atoms with Crippen LogP contribution in [0, 0.1) is 0 Å². The maximum atomic E-state index is 11.3.